The third-order valence-corrected chi connectivity index (χ3v) is 7.30. The molecule has 2 aliphatic heterocycles. The fourth-order valence-corrected chi connectivity index (χ4v) is 5.57. The molecule has 0 radical (unpaired) electrons. The van der Waals surface area contributed by atoms with Gasteiger partial charge in [0.25, 0.3) is 5.91 Å². The highest BCUT2D eigenvalue weighted by atomic mass is 35.5. The number of carbonyl (C=O) groups excluding carboxylic acids is 2. The molecule has 6 rings (SSSR count). The van der Waals surface area contributed by atoms with Crippen molar-refractivity contribution in [3.05, 3.63) is 81.9 Å². The van der Waals surface area contributed by atoms with Crippen LogP contribution in [0.1, 0.15) is 45.7 Å². The second-order valence-electron chi connectivity index (χ2n) is 8.72. The van der Waals surface area contributed by atoms with Gasteiger partial charge < -0.3 is 9.47 Å². The molecule has 1 amide bonds. The quantitative estimate of drug-likeness (QED) is 0.615. The van der Waals surface area contributed by atoms with Gasteiger partial charge in [-0.15, -0.1) is 0 Å². The van der Waals surface area contributed by atoms with Crippen LogP contribution in [0.5, 0.6) is 0 Å². The van der Waals surface area contributed by atoms with E-state index in [1.54, 1.807) is 9.58 Å². The van der Waals surface area contributed by atoms with Gasteiger partial charge in [0.05, 0.1) is 18.3 Å². The van der Waals surface area contributed by atoms with Crippen LogP contribution in [-0.2, 0) is 30.7 Å². The number of rotatable bonds is 3. The molecule has 1 aliphatic carbocycles. The van der Waals surface area contributed by atoms with Gasteiger partial charge in [-0.05, 0) is 42.9 Å². The van der Waals surface area contributed by atoms with Crippen LogP contribution in [0.2, 0.25) is 5.15 Å². The Kier molecular flexibility index (Phi) is 4.57. The second-order valence-corrected chi connectivity index (χ2v) is 9.08. The number of ketones is 1. The SMILES string of the molecule is O=C1C2=CCCc3ccn(c32)CCC1N1CCc2c(nn(Cc3ccccc3)c2Cl)C1=O. The number of hydrogen-bond acceptors (Lipinski definition) is 3. The van der Waals surface area contributed by atoms with Gasteiger partial charge in [0.15, 0.2) is 11.5 Å². The van der Waals surface area contributed by atoms with Gasteiger partial charge in [0, 0.05) is 30.4 Å². The molecule has 3 aliphatic rings. The summed E-state index contributed by atoms with van der Waals surface area (Å²) in [7, 11) is 0. The molecule has 6 nitrogen and oxygen atoms in total. The Morgan fingerprint density at radius 3 is 2.75 bits per heavy atom. The van der Waals surface area contributed by atoms with Crippen LogP contribution < -0.4 is 0 Å². The maximum absolute atomic E-state index is 13.6. The summed E-state index contributed by atoms with van der Waals surface area (Å²) in [6.07, 6.45) is 7.16. The van der Waals surface area contributed by atoms with Crippen molar-refractivity contribution >= 4 is 28.9 Å². The summed E-state index contributed by atoms with van der Waals surface area (Å²) in [5.74, 6) is -0.142. The van der Waals surface area contributed by atoms with E-state index in [1.807, 2.05) is 36.4 Å². The normalized spacial score (nSPS) is 20.0. The monoisotopic (exact) mass is 446 g/mol. The molecule has 1 atom stereocenters. The minimum atomic E-state index is -0.467. The number of amides is 1. The first kappa shape index (κ1) is 19.6. The minimum absolute atomic E-state index is 0.0509. The highest BCUT2D eigenvalue weighted by Crippen LogP contribution is 2.35. The molecule has 2 aromatic heterocycles. The first-order valence-corrected chi connectivity index (χ1v) is 11.5. The highest BCUT2D eigenvalue weighted by Gasteiger charge is 2.40. The van der Waals surface area contributed by atoms with Crippen LogP contribution in [0.4, 0.5) is 0 Å². The van der Waals surface area contributed by atoms with E-state index >= 15 is 0 Å². The van der Waals surface area contributed by atoms with Crippen LogP contribution >= 0.6 is 11.6 Å². The number of carbonyl (C=O) groups is 2. The molecule has 3 aromatic rings. The molecule has 0 saturated heterocycles. The van der Waals surface area contributed by atoms with E-state index in [0.29, 0.717) is 36.8 Å². The summed E-state index contributed by atoms with van der Waals surface area (Å²) in [6.45, 7) is 1.71. The maximum Gasteiger partial charge on any atom is 0.275 e. The Morgan fingerprint density at radius 1 is 1.06 bits per heavy atom. The van der Waals surface area contributed by atoms with E-state index in [1.165, 1.54) is 5.56 Å². The zero-order valence-electron chi connectivity index (χ0n) is 17.6. The van der Waals surface area contributed by atoms with Crippen molar-refractivity contribution in [1.29, 1.82) is 0 Å². The molecule has 0 bridgehead atoms. The molecule has 7 heteroatoms. The lowest BCUT2D eigenvalue weighted by atomic mass is 9.90. The lowest BCUT2D eigenvalue weighted by Gasteiger charge is -2.32. The summed E-state index contributed by atoms with van der Waals surface area (Å²) < 4.78 is 3.86. The first-order chi connectivity index (χ1) is 15.6. The van der Waals surface area contributed by atoms with E-state index < -0.39 is 6.04 Å². The fourth-order valence-electron chi connectivity index (χ4n) is 5.29. The van der Waals surface area contributed by atoms with Crippen molar-refractivity contribution < 1.29 is 9.59 Å². The number of allylic oxidation sites excluding steroid dienone is 1. The lowest BCUT2D eigenvalue weighted by Crippen LogP contribution is -2.48. The molecular formula is C25H23ClN4O2. The van der Waals surface area contributed by atoms with Crippen molar-refractivity contribution in [2.24, 2.45) is 0 Å². The van der Waals surface area contributed by atoms with Crippen molar-refractivity contribution in [2.75, 3.05) is 6.54 Å². The van der Waals surface area contributed by atoms with Gasteiger partial charge in [0.1, 0.15) is 5.15 Å². The van der Waals surface area contributed by atoms with Crippen LogP contribution in [-0.4, -0.2) is 43.5 Å². The van der Waals surface area contributed by atoms with Crippen molar-refractivity contribution in [2.45, 2.75) is 44.8 Å². The summed E-state index contributed by atoms with van der Waals surface area (Å²) >= 11 is 6.61. The van der Waals surface area contributed by atoms with Crippen molar-refractivity contribution in [3.8, 4) is 0 Å². The molecule has 162 valence electrons. The number of Topliss-reactive ketones (excluding diaryl/α,β-unsaturated/α-hetero) is 1. The van der Waals surface area contributed by atoms with Gasteiger partial charge in [-0.2, -0.15) is 5.10 Å². The molecular weight excluding hydrogens is 424 g/mol. The zero-order valence-corrected chi connectivity index (χ0v) is 18.4. The highest BCUT2D eigenvalue weighted by molar-refractivity contribution is 6.31. The molecule has 1 unspecified atom stereocenters. The molecule has 32 heavy (non-hydrogen) atoms. The van der Waals surface area contributed by atoms with Crippen molar-refractivity contribution in [1.82, 2.24) is 19.2 Å². The number of nitrogens with zero attached hydrogens (tertiary/aromatic N) is 4. The van der Waals surface area contributed by atoms with Gasteiger partial charge in [-0.3, -0.25) is 9.59 Å². The van der Waals surface area contributed by atoms with Crippen LogP contribution in [0.15, 0.2) is 48.7 Å². The largest absolute Gasteiger partial charge is 0.347 e. The smallest absolute Gasteiger partial charge is 0.275 e. The predicted octanol–water partition coefficient (Wildman–Crippen LogP) is 3.76. The van der Waals surface area contributed by atoms with Gasteiger partial charge in [0.2, 0.25) is 0 Å². The minimum Gasteiger partial charge on any atom is -0.347 e. The molecule has 0 saturated carbocycles. The van der Waals surface area contributed by atoms with Crippen molar-refractivity contribution in [3.63, 3.8) is 0 Å². The summed E-state index contributed by atoms with van der Waals surface area (Å²) in [5, 5.41) is 5.09. The topological polar surface area (TPSA) is 60.1 Å². The van der Waals surface area contributed by atoms with Crippen LogP contribution in [0, 0.1) is 0 Å². The average Bonchev–Trinajstić information content (AvgIpc) is 3.33. The number of aryl methyl sites for hydroxylation is 2. The Bertz CT molecular complexity index is 1270. The van der Waals surface area contributed by atoms with Gasteiger partial charge in [-0.1, -0.05) is 48.0 Å². The number of hydrogen-bond donors (Lipinski definition) is 0. The molecule has 1 aromatic carbocycles. The molecule has 0 N–H and O–H groups in total. The lowest BCUT2D eigenvalue weighted by molar-refractivity contribution is -0.118. The number of fused-ring (bicyclic) bond motifs is 1. The summed E-state index contributed by atoms with van der Waals surface area (Å²) in [4.78, 5) is 28.8. The van der Waals surface area contributed by atoms with E-state index in [9.17, 15) is 9.59 Å². The average molecular weight is 447 g/mol. The van der Waals surface area contributed by atoms with E-state index in [-0.39, 0.29) is 11.7 Å². The van der Waals surface area contributed by atoms with Crippen LogP contribution in [0.3, 0.4) is 0 Å². The number of benzene rings is 1. The number of aromatic nitrogens is 3. The molecule has 4 heterocycles. The first-order valence-electron chi connectivity index (χ1n) is 11.1. The van der Waals surface area contributed by atoms with Gasteiger partial charge >= 0.3 is 0 Å². The third-order valence-electron chi connectivity index (χ3n) is 6.88. The Hall–Kier alpha value is -3.12. The number of halogens is 1. The Labute approximate surface area is 191 Å². The molecule has 0 fully saturated rings. The Morgan fingerprint density at radius 2 is 1.91 bits per heavy atom. The van der Waals surface area contributed by atoms with Gasteiger partial charge in [-0.25, -0.2) is 4.68 Å². The zero-order chi connectivity index (χ0) is 21.8. The summed E-state index contributed by atoms with van der Waals surface area (Å²) in [5.41, 5.74) is 5.28. The van der Waals surface area contributed by atoms with E-state index in [4.69, 9.17) is 11.6 Å². The maximum atomic E-state index is 13.6. The third kappa shape index (κ3) is 2.97. The van der Waals surface area contributed by atoms with E-state index in [0.717, 1.165) is 41.8 Å². The summed E-state index contributed by atoms with van der Waals surface area (Å²) in [6, 6.07) is 11.6. The van der Waals surface area contributed by atoms with Crippen LogP contribution in [0.25, 0.3) is 5.57 Å². The predicted molar refractivity (Wildman–Crippen MR) is 122 cm³/mol. The standard InChI is InChI=1S/C25H23ClN4O2/c26-24-18-10-14-29(25(32)21(18)27-30(24)15-16-5-2-1-3-6-16)20-11-13-28-12-9-17-7-4-8-19(22(17)28)23(20)31/h1-3,5-6,8-9,12,20H,4,7,10-11,13-15H2. The van der Waals surface area contributed by atoms with E-state index in [2.05, 4.69) is 21.9 Å². The molecule has 0 spiro atoms. The fraction of sp³-hybridized carbons (Fsp3) is 0.320. The Balaban J connectivity index is 1.31. The second kappa shape index (κ2) is 7.48.